The zero-order valence-electron chi connectivity index (χ0n) is 13.3. The molecule has 0 saturated carbocycles. The summed E-state index contributed by atoms with van der Waals surface area (Å²) in [5.41, 5.74) is 1.26. The summed E-state index contributed by atoms with van der Waals surface area (Å²) in [6, 6.07) is 8.75. The molecule has 1 atom stereocenters. The molecule has 23 heavy (non-hydrogen) atoms. The van der Waals surface area contributed by atoms with Gasteiger partial charge in [0.2, 0.25) is 0 Å². The molecule has 0 fully saturated rings. The minimum atomic E-state index is -0.256. The van der Waals surface area contributed by atoms with Crippen LogP contribution in [0.4, 0.5) is 0 Å². The largest absolute Gasteiger partial charge is 0.347 e. The number of hydrogen-bond acceptors (Lipinski definition) is 4. The average molecular weight is 313 g/mol. The molecule has 0 spiro atoms. The number of nitrogens with zero attached hydrogens (tertiary/aromatic N) is 3. The van der Waals surface area contributed by atoms with Crippen molar-refractivity contribution < 1.29 is 4.79 Å². The molecule has 2 aromatic heterocycles. The lowest BCUT2D eigenvalue weighted by Gasteiger charge is -2.17. The molecule has 3 rings (SSSR count). The standard InChI is InChI=1S/C16H19N5O2/c1-10(9-20(2)3)17-16(23)12-8-14-18-15(22)11-6-4-5-7-13(11)21(14)19-12/h4-8,10H,9H2,1-3H3,(H,17,23)(H,18,22). The van der Waals surface area contributed by atoms with Crippen molar-refractivity contribution in [2.24, 2.45) is 0 Å². The van der Waals surface area contributed by atoms with Gasteiger partial charge in [-0.05, 0) is 33.2 Å². The molecule has 2 heterocycles. The highest BCUT2D eigenvalue weighted by Gasteiger charge is 2.16. The van der Waals surface area contributed by atoms with Crippen LogP contribution in [0.15, 0.2) is 35.1 Å². The van der Waals surface area contributed by atoms with Gasteiger partial charge in [0.25, 0.3) is 11.5 Å². The Morgan fingerprint density at radius 2 is 2.13 bits per heavy atom. The van der Waals surface area contributed by atoms with E-state index in [0.717, 1.165) is 6.54 Å². The van der Waals surface area contributed by atoms with Gasteiger partial charge in [-0.15, -0.1) is 0 Å². The van der Waals surface area contributed by atoms with Crippen molar-refractivity contribution >= 4 is 22.5 Å². The van der Waals surface area contributed by atoms with Crippen molar-refractivity contribution in [1.29, 1.82) is 0 Å². The Bertz CT molecular complexity index is 925. The number of hydrogen-bond donors (Lipinski definition) is 2. The smallest absolute Gasteiger partial charge is 0.272 e. The van der Waals surface area contributed by atoms with E-state index in [1.807, 2.05) is 32.0 Å². The van der Waals surface area contributed by atoms with E-state index in [1.165, 1.54) is 0 Å². The monoisotopic (exact) mass is 313 g/mol. The first-order valence-corrected chi connectivity index (χ1v) is 7.42. The Balaban J connectivity index is 1.99. The van der Waals surface area contributed by atoms with Crippen LogP contribution in [0.25, 0.3) is 16.6 Å². The molecule has 7 nitrogen and oxygen atoms in total. The first-order chi connectivity index (χ1) is 11.0. The third-order valence-electron chi connectivity index (χ3n) is 3.58. The van der Waals surface area contributed by atoms with Crippen LogP contribution < -0.4 is 10.9 Å². The number of fused-ring (bicyclic) bond motifs is 3. The van der Waals surface area contributed by atoms with E-state index in [9.17, 15) is 9.59 Å². The number of aromatic amines is 1. The van der Waals surface area contributed by atoms with Gasteiger partial charge in [-0.2, -0.15) is 5.10 Å². The third kappa shape index (κ3) is 2.95. The second kappa shape index (κ2) is 5.85. The minimum Gasteiger partial charge on any atom is -0.347 e. The van der Waals surface area contributed by atoms with Crippen molar-refractivity contribution in [1.82, 2.24) is 24.8 Å². The highest BCUT2D eigenvalue weighted by Crippen LogP contribution is 2.12. The van der Waals surface area contributed by atoms with Gasteiger partial charge in [0.05, 0.1) is 10.9 Å². The maximum atomic E-state index is 12.3. The SMILES string of the molecule is CC(CN(C)C)NC(=O)c1cc2[nH]c(=O)c3ccccc3n2n1. The van der Waals surface area contributed by atoms with E-state index in [2.05, 4.69) is 15.4 Å². The molecule has 0 aliphatic carbocycles. The molecule has 1 unspecified atom stereocenters. The quantitative estimate of drug-likeness (QED) is 0.748. The maximum Gasteiger partial charge on any atom is 0.272 e. The molecule has 2 N–H and O–H groups in total. The average Bonchev–Trinajstić information content (AvgIpc) is 2.91. The zero-order chi connectivity index (χ0) is 16.6. The molecule has 1 aromatic carbocycles. The number of carbonyl (C=O) groups is 1. The molecule has 0 radical (unpaired) electrons. The van der Waals surface area contributed by atoms with Crippen LogP contribution >= 0.6 is 0 Å². The summed E-state index contributed by atoms with van der Waals surface area (Å²) in [5, 5.41) is 7.78. The van der Waals surface area contributed by atoms with Crippen LogP contribution in [0.1, 0.15) is 17.4 Å². The Morgan fingerprint density at radius 1 is 1.39 bits per heavy atom. The molecular weight excluding hydrogens is 294 g/mol. The Hall–Kier alpha value is -2.67. The number of amides is 1. The van der Waals surface area contributed by atoms with Gasteiger partial charge < -0.3 is 15.2 Å². The summed E-state index contributed by atoms with van der Waals surface area (Å²) in [6.07, 6.45) is 0. The van der Waals surface area contributed by atoms with Crippen LogP contribution in [0.3, 0.4) is 0 Å². The van der Waals surface area contributed by atoms with Crippen molar-refractivity contribution in [3.05, 3.63) is 46.4 Å². The normalized spacial score (nSPS) is 12.9. The Kier molecular flexibility index (Phi) is 3.87. The van der Waals surface area contributed by atoms with Gasteiger partial charge in [0.15, 0.2) is 5.69 Å². The van der Waals surface area contributed by atoms with Gasteiger partial charge in [0.1, 0.15) is 5.65 Å². The van der Waals surface area contributed by atoms with Crippen LogP contribution in [-0.4, -0.2) is 52.1 Å². The predicted octanol–water partition coefficient (Wildman–Crippen LogP) is 0.856. The topological polar surface area (TPSA) is 82.5 Å². The molecule has 0 bridgehead atoms. The van der Waals surface area contributed by atoms with E-state index in [1.54, 1.807) is 28.8 Å². The second-order valence-corrected chi connectivity index (χ2v) is 5.93. The summed E-state index contributed by atoms with van der Waals surface area (Å²) in [7, 11) is 3.90. The number of para-hydroxylation sites is 1. The molecule has 1 amide bonds. The van der Waals surface area contributed by atoms with Gasteiger partial charge in [-0.25, -0.2) is 4.52 Å². The fraction of sp³-hybridized carbons (Fsp3) is 0.312. The van der Waals surface area contributed by atoms with E-state index in [-0.39, 0.29) is 23.2 Å². The van der Waals surface area contributed by atoms with Crippen molar-refractivity contribution in [3.8, 4) is 0 Å². The first kappa shape index (κ1) is 15.2. The van der Waals surface area contributed by atoms with Crippen LogP contribution in [0.5, 0.6) is 0 Å². The van der Waals surface area contributed by atoms with E-state index < -0.39 is 0 Å². The molecule has 0 aliphatic heterocycles. The number of nitrogens with one attached hydrogen (secondary N) is 2. The number of H-pyrrole nitrogens is 1. The Labute approximate surface area is 132 Å². The number of aromatic nitrogens is 3. The van der Waals surface area contributed by atoms with Gasteiger partial charge in [0, 0.05) is 18.7 Å². The number of carbonyl (C=O) groups excluding carboxylic acids is 1. The van der Waals surface area contributed by atoms with Crippen molar-refractivity contribution in [3.63, 3.8) is 0 Å². The molecule has 0 aliphatic rings. The Morgan fingerprint density at radius 3 is 2.87 bits per heavy atom. The summed E-state index contributed by atoms with van der Waals surface area (Å²) < 4.78 is 1.59. The summed E-state index contributed by atoms with van der Waals surface area (Å²) >= 11 is 0. The summed E-state index contributed by atoms with van der Waals surface area (Å²) in [6.45, 7) is 2.67. The molecule has 120 valence electrons. The number of likely N-dealkylation sites (N-methyl/N-ethyl adjacent to an activating group) is 1. The van der Waals surface area contributed by atoms with E-state index in [0.29, 0.717) is 16.6 Å². The molecule has 7 heteroatoms. The van der Waals surface area contributed by atoms with Crippen LogP contribution in [0.2, 0.25) is 0 Å². The fourth-order valence-electron chi connectivity index (χ4n) is 2.69. The van der Waals surface area contributed by atoms with E-state index in [4.69, 9.17) is 0 Å². The first-order valence-electron chi connectivity index (χ1n) is 7.42. The summed E-state index contributed by atoms with van der Waals surface area (Å²) in [4.78, 5) is 29.1. The molecule has 3 aromatic rings. The lowest BCUT2D eigenvalue weighted by molar-refractivity contribution is 0.0929. The fourth-order valence-corrected chi connectivity index (χ4v) is 2.69. The van der Waals surface area contributed by atoms with Gasteiger partial charge >= 0.3 is 0 Å². The molecular formula is C16H19N5O2. The van der Waals surface area contributed by atoms with Crippen LogP contribution in [0, 0.1) is 0 Å². The van der Waals surface area contributed by atoms with Gasteiger partial charge in [-0.3, -0.25) is 9.59 Å². The minimum absolute atomic E-state index is 0.00175. The lowest BCUT2D eigenvalue weighted by atomic mass is 10.2. The zero-order valence-corrected chi connectivity index (χ0v) is 13.3. The van der Waals surface area contributed by atoms with Crippen molar-refractivity contribution in [2.75, 3.05) is 20.6 Å². The second-order valence-electron chi connectivity index (χ2n) is 5.93. The van der Waals surface area contributed by atoms with Gasteiger partial charge in [-0.1, -0.05) is 12.1 Å². The maximum absolute atomic E-state index is 12.3. The number of rotatable bonds is 4. The predicted molar refractivity (Wildman–Crippen MR) is 88.8 cm³/mol. The lowest BCUT2D eigenvalue weighted by Crippen LogP contribution is -2.39. The third-order valence-corrected chi connectivity index (χ3v) is 3.58. The number of benzene rings is 1. The molecule has 0 saturated heterocycles. The van der Waals surface area contributed by atoms with E-state index >= 15 is 0 Å². The van der Waals surface area contributed by atoms with Crippen molar-refractivity contribution in [2.45, 2.75) is 13.0 Å². The van der Waals surface area contributed by atoms with Crippen LogP contribution in [-0.2, 0) is 0 Å². The highest BCUT2D eigenvalue weighted by atomic mass is 16.2. The highest BCUT2D eigenvalue weighted by molar-refractivity contribution is 5.94. The summed E-state index contributed by atoms with van der Waals surface area (Å²) in [5.74, 6) is -0.256.